The highest BCUT2D eigenvalue weighted by Crippen LogP contribution is 2.46. The molecule has 0 unspecified atom stereocenters. The zero-order valence-corrected chi connectivity index (χ0v) is 34.3. The van der Waals surface area contributed by atoms with Crippen LogP contribution in [0.3, 0.4) is 0 Å². The van der Waals surface area contributed by atoms with Gasteiger partial charge in [-0.05, 0) is 76.7 Å². The molecule has 0 amide bonds. The van der Waals surface area contributed by atoms with Gasteiger partial charge in [0.15, 0.2) is 5.58 Å². The zero-order valence-electron chi connectivity index (χ0n) is 33.5. The molecule has 0 aliphatic heterocycles. The molecule has 62 heavy (non-hydrogen) atoms. The van der Waals surface area contributed by atoms with Crippen molar-refractivity contribution < 1.29 is 4.42 Å². The molecule has 4 heteroatoms. The number of rotatable bonds is 6. The van der Waals surface area contributed by atoms with Crippen molar-refractivity contribution >= 4 is 103 Å². The lowest BCUT2D eigenvalue weighted by atomic mass is 10.0. The quantitative estimate of drug-likeness (QED) is 0.167. The highest BCUT2D eigenvalue weighted by molar-refractivity contribution is 7.25. The van der Waals surface area contributed by atoms with Crippen molar-refractivity contribution in [1.29, 1.82) is 0 Å². The molecule has 0 saturated carbocycles. The lowest BCUT2D eigenvalue weighted by Crippen LogP contribution is -2.10. The molecule has 3 heterocycles. The number of hydrogen-bond acceptors (Lipinski definition) is 3. The number of thiophene rings is 1. The Hall–Kier alpha value is -7.92. The fourth-order valence-electron chi connectivity index (χ4n) is 9.71. The molecule has 290 valence electrons. The standard InChI is InChI=1S/C58H36N2OS/c1-3-13-38(14-4-1)45-20-11-21-50-51-22-12-23-52(58(51)61-57(45)50)59(43-31-34-48-47-19-9-10-24-54(47)62-55(48)36-43)42-29-25-37(26-30-42)40-28-32-46-49-33-27-39-15-7-8-18-44(39)56(49)60(53(46)35-40)41-16-5-2-6-17-41/h1-36H. The van der Waals surface area contributed by atoms with E-state index < -0.39 is 0 Å². The van der Waals surface area contributed by atoms with Crippen LogP contribution in [0, 0.1) is 0 Å². The fraction of sp³-hybridized carbons (Fsp3) is 0. The van der Waals surface area contributed by atoms with Crippen LogP contribution >= 0.6 is 11.3 Å². The van der Waals surface area contributed by atoms with Gasteiger partial charge < -0.3 is 13.9 Å². The maximum absolute atomic E-state index is 7.02. The van der Waals surface area contributed by atoms with Crippen LogP contribution in [0.5, 0.6) is 0 Å². The summed E-state index contributed by atoms with van der Waals surface area (Å²) in [7, 11) is 0. The van der Waals surface area contributed by atoms with Gasteiger partial charge in [-0.25, -0.2) is 0 Å². The number of anilines is 3. The second-order valence-electron chi connectivity index (χ2n) is 16.1. The number of para-hydroxylation sites is 3. The molecular formula is C58H36N2OS. The number of fused-ring (bicyclic) bond motifs is 11. The summed E-state index contributed by atoms with van der Waals surface area (Å²) in [6, 6.07) is 79.0. The number of furan rings is 1. The predicted octanol–water partition coefficient (Wildman–Crippen LogP) is 17.0. The molecule has 0 fully saturated rings. The Morgan fingerprint density at radius 3 is 1.89 bits per heavy atom. The Balaban J connectivity index is 0.990. The second-order valence-corrected chi connectivity index (χ2v) is 17.1. The van der Waals surface area contributed by atoms with Crippen molar-refractivity contribution in [3.05, 3.63) is 218 Å². The molecule has 3 nitrogen and oxygen atoms in total. The Kier molecular flexibility index (Phi) is 7.78. The molecule has 0 saturated heterocycles. The van der Waals surface area contributed by atoms with Crippen LogP contribution in [0.25, 0.3) is 103 Å². The number of nitrogens with zero attached hydrogens (tertiary/aromatic N) is 2. The first-order valence-electron chi connectivity index (χ1n) is 21.1. The lowest BCUT2D eigenvalue weighted by Gasteiger charge is -2.26. The van der Waals surface area contributed by atoms with E-state index in [1.165, 1.54) is 58.3 Å². The minimum absolute atomic E-state index is 0.859. The molecule has 0 spiro atoms. The smallest absolute Gasteiger partial charge is 0.159 e. The minimum atomic E-state index is 0.859. The number of hydrogen-bond donors (Lipinski definition) is 0. The van der Waals surface area contributed by atoms with Crippen LogP contribution in [0.15, 0.2) is 223 Å². The van der Waals surface area contributed by atoms with E-state index in [4.69, 9.17) is 4.42 Å². The average molecular weight is 809 g/mol. The molecule has 13 rings (SSSR count). The summed E-state index contributed by atoms with van der Waals surface area (Å²) in [5.41, 5.74) is 13.0. The molecule has 0 aliphatic carbocycles. The van der Waals surface area contributed by atoms with Gasteiger partial charge in [-0.3, -0.25) is 0 Å². The SMILES string of the molecule is c1ccc(-c2cccc3c2oc2c(N(c4ccc(-c5ccc6c7ccc8ccccc8c7n(-c7ccccc7)c6c5)cc4)c4ccc5c(c4)sc4ccccc45)cccc23)cc1. The highest BCUT2D eigenvalue weighted by Gasteiger charge is 2.22. The summed E-state index contributed by atoms with van der Waals surface area (Å²) in [6.07, 6.45) is 0. The summed E-state index contributed by atoms with van der Waals surface area (Å²) < 4.78 is 12.0. The van der Waals surface area contributed by atoms with Crippen molar-refractivity contribution in [3.8, 4) is 27.9 Å². The number of aromatic nitrogens is 1. The Bertz CT molecular complexity index is 3860. The van der Waals surface area contributed by atoms with E-state index >= 15 is 0 Å². The molecular weight excluding hydrogens is 773 g/mol. The molecule has 0 atom stereocenters. The Morgan fingerprint density at radius 2 is 1.03 bits per heavy atom. The average Bonchev–Trinajstić information content (AvgIpc) is 4.02. The molecule has 0 N–H and O–H groups in total. The van der Waals surface area contributed by atoms with Crippen molar-refractivity contribution in [2.75, 3.05) is 4.90 Å². The van der Waals surface area contributed by atoms with E-state index in [0.29, 0.717) is 0 Å². The van der Waals surface area contributed by atoms with Crippen LogP contribution < -0.4 is 4.90 Å². The van der Waals surface area contributed by atoms with Gasteiger partial charge in [0.2, 0.25) is 0 Å². The van der Waals surface area contributed by atoms with Crippen LogP contribution in [0.2, 0.25) is 0 Å². The Labute approximate surface area is 361 Å². The second kappa shape index (κ2) is 13.8. The molecule has 0 aliphatic rings. The molecule has 0 bridgehead atoms. The van der Waals surface area contributed by atoms with E-state index in [1.807, 2.05) is 11.3 Å². The predicted molar refractivity (Wildman–Crippen MR) is 264 cm³/mol. The van der Waals surface area contributed by atoms with Gasteiger partial charge in [0.25, 0.3) is 0 Å². The zero-order chi connectivity index (χ0) is 40.7. The van der Waals surface area contributed by atoms with Gasteiger partial charge in [-0.1, -0.05) is 164 Å². The van der Waals surface area contributed by atoms with Gasteiger partial charge in [-0.2, -0.15) is 0 Å². The van der Waals surface area contributed by atoms with E-state index in [-0.39, 0.29) is 0 Å². The monoisotopic (exact) mass is 808 g/mol. The molecule has 3 aromatic heterocycles. The third-order valence-corrected chi connectivity index (χ3v) is 13.7. The molecule has 10 aromatic carbocycles. The Morgan fingerprint density at radius 1 is 0.387 bits per heavy atom. The van der Waals surface area contributed by atoms with Gasteiger partial charge in [0.1, 0.15) is 5.58 Å². The fourth-order valence-corrected chi connectivity index (χ4v) is 10.9. The van der Waals surface area contributed by atoms with Crippen LogP contribution in [0.4, 0.5) is 17.1 Å². The van der Waals surface area contributed by atoms with Gasteiger partial charge >= 0.3 is 0 Å². The van der Waals surface area contributed by atoms with Crippen LogP contribution in [-0.2, 0) is 0 Å². The van der Waals surface area contributed by atoms with Crippen LogP contribution in [0.1, 0.15) is 0 Å². The topological polar surface area (TPSA) is 21.3 Å². The van der Waals surface area contributed by atoms with Gasteiger partial charge in [-0.15, -0.1) is 11.3 Å². The summed E-state index contributed by atoms with van der Waals surface area (Å²) in [4.78, 5) is 2.36. The highest BCUT2D eigenvalue weighted by atomic mass is 32.1. The third kappa shape index (κ3) is 5.37. The molecule has 0 radical (unpaired) electrons. The van der Waals surface area contributed by atoms with Crippen molar-refractivity contribution in [2.24, 2.45) is 0 Å². The number of benzene rings is 10. The summed E-state index contributed by atoms with van der Waals surface area (Å²) in [5, 5.41) is 9.75. The van der Waals surface area contributed by atoms with Gasteiger partial charge in [0.05, 0.1) is 16.7 Å². The summed E-state index contributed by atoms with van der Waals surface area (Å²) in [6.45, 7) is 0. The summed E-state index contributed by atoms with van der Waals surface area (Å²) >= 11 is 1.84. The largest absolute Gasteiger partial charge is 0.453 e. The van der Waals surface area contributed by atoms with E-state index in [2.05, 4.69) is 228 Å². The van der Waals surface area contributed by atoms with Crippen molar-refractivity contribution in [1.82, 2.24) is 4.57 Å². The first-order chi connectivity index (χ1) is 30.7. The first kappa shape index (κ1) is 34.9. The lowest BCUT2D eigenvalue weighted by molar-refractivity contribution is 0.670. The summed E-state index contributed by atoms with van der Waals surface area (Å²) in [5.74, 6) is 0. The van der Waals surface area contributed by atoms with Gasteiger partial charge in [0, 0.05) is 69.7 Å². The van der Waals surface area contributed by atoms with E-state index in [0.717, 1.165) is 61.4 Å². The van der Waals surface area contributed by atoms with E-state index in [9.17, 15) is 0 Å². The van der Waals surface area contributed by atoms with Crippen molar-refractivity contribution in [2.45, 2.75) is 0 Å². The third-order valence-electron chi connectivity index (χ3n) is 12.6. The minimum Gasteiger partial charge on any atom is -0.453 e. The van der Waals surface area contributed by atoms with Crippen molar-refractivity contribution in [3.63, 3.8) is 0 Å². The van der Waals surface area contributed by atoms with Crippen LogP contribution in [-0.4, -0.2) is 4.57 Å². The first-order valence-corrected chi connectivity index (χ1v) is 21.9. The maximum atomic E-state index is 7.02. The maximum Gasteiger partial charge on any atom is 0.159 e. The molecule has 13 aromatic rings. The normalized spacial score (nSPS) is 11.9. The van der Waals surface area contributed by atoms with E-state index in [1.54, 1.807) is 0 Å².